The minimum atomic E-state index is 0.351. The largest absolute Gasteiger partial charge is 0.496 e. The summed E-state index contributed by atoms with van der Waals surface area (Å²) in [7, 11) is 1.57. The van der Waals surface area contributed by atoms with E-state index in [-0.39, 0.29) is 0 Å². The molecule has 5 nitrogen and oxygen atoms in total. The second kappa shape index (κ2) is 4.49. The lowest BCUT2D eigenvalue weighted by atomic mass is 10.1. The van der Waals surface area contributed by atoms with E-state index in [2.05, 4.69) is 16.0 Å². The normalized spacial score (nSPS) is 9.65. The lowest BCUT2D eigenvalue weighted by Gasteiger charge is -2.07. The third-order valence-electron chi connectivity index (χ3n) is 2.28. The molecule has 0 radical (unpaired) electrons. The molecule has 0 saturated carbocycles. The molecular weight excluding hydrogens is 216 g/mol. The van der Waals surface area contributed by atoms with Gasteiger partial charge in [0.2, 0.25) is 0 Å². The first kappa shape index (κ1) is 10.9. The van der Waals surface area contributed by atoms with Crippen molar-refractivity contribution in [2.45, 2.75) is 0 Å². The number of anilines is 1. The van der Waals surface area contributed by atoms with Crippen molar-refractivity contribution in [3.63, 3.8) is 0 Å². The molecule has 0 fully saturated rings. The van der Waals surface area contributed by atoms with E-state index < -0.39 is 0 Å². The highest BCUT2D eigenvalue weighted by molar-refractivity contribution is 5.68. The topological polar surface area (TPSA) is 84.8 Å². The van der Waals surface area contributed by atoms with Crippen molar-refractivity contribution in [2.75, 3.05) is 12.8 Å². The van der Waals surface area contributed by atoms with Gasteiger partial charge in [0.1, 0.15) is 11.6 Å². The summed E-state index contributed by atoms with van der Waals surface area (Å²) in [6.45, 7) is 0. The third-order valence-corrected chi connectivity index (χ3v) is 2.28. The van der Waals surface area contributed by atoms with Gasteiger partial charge in [0.25, 0.3) is 0 Å². The predicted octanol–water partition coefficient (Wildman–Crippen LogP) is 1.61. The molecule has 2 aromatic rings. The molecule has 0 aliphatic carbocycles. The van der Waals surface area contributed by atoms with E-state index >= 15 is 0 Å². The van der Waals surface area contributed by atoms with Crippen molar-refractivity contribution in [3.8, 4) is 23.1 Å². The molecule has 1 aromatic carbocycles. The van der Waals surface area contributed by atoms with Crippen LogP contribution in [0.2, 0.25) is 0 Å². The van der Waals surface area contributed by atoms with Gasteiger partial charge in [-0.3, -0.25) is 4.98 Å². The number of ether oxygens (including phenoxy) is 1. The molecule has 17 heavy (non-hydrogen) atoms. The van der Waals surface area contributed by atoms with Crippen LogP contribution in [0.15, 0.2) is 30.6 Å². The van der Waals surface area contributed by atoms with Crippen LogP contribution < -0.4 is 10.5 Å². The van der Waals surface area contributed by atoms with Crippen molar-refractivity contribution in [1.82, 2.24) is 9.97 Å². The number of hydrogen-bond acceptors (Lipinski definition) is 5. The minimum Gasteiger partial charge on any atom is -0.496 e. The minimum absolute atomic E-state index is 0.351. The Kier molecular flexibility index (Phi) is 2.88. The van der Waals surface area contributed by atoms with Crippen LogP contribution in [0.25, 0.3) is 11.3 Å². The van der Waals surface area contributed by atoms with Gasteiger partial charge < -0.3 is 10.5 Å². The summed E-state index contributed by atoms with van der Waals surface area (Å²) in [5.74, 6) is 0.993. The molecule has 1 aromatic heterocycles. The number of rotatable bonds is 2. The Bertz CT molecular complexity index is 572. The number of aromatic nitrogens is 2. The molecule has 1 heterocycles. The third kappa shape index (κ3) is 2.16. The number of methoxy groups -OCH3 is 1. The smallest absolute Gasteiger partial charge is 0.141 e. The van der Waals surface area contributed by atoms with Gasteiger partial charge >= 0.3 is 0 Å². The fraction of sp³-hybridized carbons (Fsp3) is 0.0833. The quantitative estimate of drug-likeness (QED) is 0.840. The van der Waals surface area contributed by atoms with Gasteiger partial charge in [-0.05, 0) is 18.2 Å². The van der Waals surface area contributed by atoms with Crippen LogP contribution in [0.1, 0.15) is 5.56 Å². The number of nitrogens with two attached hydrogens (primary N) is 1. The molecule has 0 bridgehead atoms. The number of nitrogen functional groups attached to an aromatic ring is 1. The van der Waals surface area contributed by atoms with Gasteiger partial charge in [-0.1, -0.05) is 0 Å². The average Bonchev–Trinajstić information content (AvgIpc) is 2.39. The Morgan fingerprint density at radius 3 is 2.71 bits per heavy atom. The van der Waals surface area contributed by atoms with Crippen LogP contribution in [0.4, 0.5) is 5.82 Å². The van der Waals surface area contributed by atoms with E-state index in [0.29, 0.717) is 22.8 Å². The molecule has 0 saturated heterocycles. The highest BCUT2D eigenvalue weighted by Crippen LogP contribution is 2.28. The molecular formula is C12H10N4O. The first-order valence-electron chi connectivity index (χ1n) is 4.90. The zero-order valence-electron chi connectivity index (χ0n) is 9.21. The molecule has 0 unspecified atom stereocenters. The van der Waals surface area contributed by atoms with Crippen LogP contribution >= 0.6 is 0 Å². The molecule has 84 valence electrons. The maximum absolute atomic E-state index is 8.87. The van der Waals surface area contributed by atoms with Crippen molar-refractivity contribution in [2.24, 2.45) is 0 Å². The van der Waals surface area contributed by atoms with E-state index in [4.69, 9.17) is 15.7 Å². The van der Waals surface area contributed by atoms with Crippen LogP contribution in [0.5, 0.6) is 5.75 Å². The summed E-state index contributed by atoms with van der Waals surface area (Å²) in [6.07, 6.45) is 3.02. The Morgan fingerprint density at radius 2 is 2.12 bits per heavy atom. The van der Waals surface area contributed by atoms with Crippen molar-refractivity contribution >= 4 is 5.82 Å². The molecule has 5 heteroatoms. The summed E-state index contributed by atoms with van der Waals surface area (Å²) >= 11 is 0. The molecule has 0 aliphatic rings. The van der Waals surface area contributed by atoms with Gasteiger partial charge in [0.15, 0.2) is 0 Å². The van der Waals surface area contributed by atoms with Crippen molar-refractivity contribution < 1.29 is 4.74 Å². The second-order valence-corrected chi connectivity index (χ2v) is 3.35. The summed E-state index contributed by atoms with van der Waals surface area (Å²) in [5.41, 5.74) is 7.36. The average molecular weight is 226 g/mol. The van der Waals surface area contributed by atoms with E-state index in [1.165, 1.54) is 6.20 Å². The first-order valence-corrected chi connectivity index (χ1v) is 4.90. The lowest BCUT2D eigenvalue weighted by Crippen LogP contribution is -1.95. The van der Waals surface area contributed by atoms with Gasteiger partial charge in [-0.25, -0.2) is 4.98 Å². The zero-order valence-corrected chi connectivity index (χ0v) is 9.21. The van der Waals surface area contributed by atoms with Crippen molar-refractivity contribution in [1.29, 1.82) is 5.26 Å². The zero-order chi connectivity index (χ0) is 12.3. The summed E-state index contributed by atoms with van der Waals surface area (Å²) in [6, 6.07) is 7.19. The van der Waals surface area contributed by atoms with E-state index in [1.54, 1.807) is 31.5 Å². The highest BCUT2D eigenvalue weighted by Gasteiger charge is 2.08. The van der Waals surface area contributed by atoms with Crippen LogP contribution in [0, 0.1) is 11.3 Å². The monoisotopic (exact) mass is 226 g/mol. The fourth-order valence-electron chi connectivity index (χ4n) is 1.45. The Hall–Kier alpha value is -2.61. The summed E-state index contributed by atoms with van der Waals surface area (Å²) < 4.78 is 5.22. The Morgan fingerprint density at radius 1 is 1.29 bits per heavy atom. The molecule has 0 amide bonds. The van der Waals surface area contributed by atoms with E-state index in [1.807, 2.05) is 0 Å². The number of nitrogens with zero attached hydrogens (tertiary/aromatic N) is 3. The highest BCUT2D eigenvalue weighted by atomic mass is 16.5. The van der Waals surface area contributed by atoms with Crippen molar-refractivity contribution in [3.05, 3.63) is 36.2 Å². The van der Waals surface area contributed by atoms with Gasteiger partial charge in [0.05, 0.1) is 36.8 Å². The maximum atomic E-state index is 8.87. The molecule has 0 atom stereocenters. The van der Waals surface area contributed by atoms with E-state index in [0.717, 1.165) is 5.56 Å². The predicted molar refractivity (Wildman–Crippen MR) is 63.1 cm³/mol. The standard InChI is InChI=1S/C12H10N4O/c1-17-11-3-2-8(5-13)4-9(11)10-6-16-12(14)7-15-10/h2-4,6-7H,1H3,(H2,14,16). The SMILES string of the molecule is COc1ccc(C#N)cc1-c1cnc(N)cn1. The summed E-state index contributed by atoms with van der Waals surface area (Å²) in [5, 5.41) is 8.87. The Labute approximate surface area is 98.5 Å². The first-order chi connectivity index (χ1) is 8.24. The van der Waals surface area contributed by atoms with Crippen LogP contribution in [-0.2, 0) is 0 Å². The van der Waals surface area contributed by atoms with Crippen LogP contribution in [0.3, 0.4) is 0 Å². The molecule has 2 rings (SSSR count). The number of hydrogen-bond donors (Lipinski definition) is 1. The van der Waals surface area contributed by atoms with E-state index in [9.17, 15) is 0 Å². The van der Waals surface area contributed by atoms with Gasteiger partial charge in [-0.15, -0.1) is 0 Å². The molecule has 2 N–H and O–H groups in total. The fourth-order valence-corrected chi connectivity index (χ4v) is 1.45. The second-order valence-electron chi connectivity index (χ2n) is 3.35. The lowest BCUT2D eigenvalue weighted by molar-refractivity contribution is 0.416. The molecule has 0 spiro atoms. The van der Waals surface area contributed by atoms with Gasteiger partial charge in [-0.2, -0.15) is 5.26 Å². The maximum Gasteiger partial charge on any atom is 0.141 e. The number of nitriles is 1. The van der Waals surface area contributed by atoms with Crippen LogP contribution in [-0.4, -0.2) is 17.1 Å². The van der Waals surface area contributed by atoms with Gasteiger partial charge in [0, 0.05) is 5.56 Å². The Balaban J connectivity index is 2.56. The number of benzene rings is 1. The molecule has 0 aliphatic heterocycles. The summed E-state index contributed by atoms with van der Waals surface area (Å²) in [4.78, 5) is 8.12.